The van der Waals surface area contributed by atoms with Crippen molar-refractivity contribution in [2.75, 3.05) is 7.05 Å². The second-order valence-electron chi connectivity index (χ2n) is 4.60. The molecule has 1 amide bonds. The number of nitrogens with zero attached hydrogens (tertiary/aromatic N) is 1. The number of hydrazone groups is 1. The van der Waals surface area contributed by atoms with Gasteiger partial charge in [0.15, 0.2) is 0 Å². The van der Waals surface area contributed by atoms with E-state index in [0.717, 1.165) is 4.47 Å². The number of benzene rings is 1. The van der Waals surface area contributed by atoms with Gasteiger partial charge in [-0.3, -0.25) is 4.79 Å². The Morgan fingerprint density at radius 2 is 1.91 bits per heavy atom. The van der Waals surface area contributed by atoms with E-state index in [1.807, 2.05) is 0 Å². The van der Waals surface area contributed by atoms with E-state index in [4.69, 9.17) is 0 Å². The predicted molar refractivity (Wildman–Crippen MR) is 90.9 cm³/mol. The molecule has 1 heterocycles. The smallest absolute Gasteiger partial charge is 0.287 e. The van der Waals surface area contributed by atoms with Gasteiger partial charge in [-0.1, -0.05) is 12.1 Å². The fourth-order valence-electron chi connectivity index (χ4n) is 1.75. The predicted octanol–water partition coefficient (Wildman–Crippen LogP) is 1.84. The van der Waals surface area contributed by atoms with Gasteiger partial charge in [-0.25, -0.2) is 18.6 Å². The first-order valence-electron chi connectivity index (χ1n) is 6.56. The zero-order valence-electron chi connectivity index (χ0n) is 12.4. The lowest BCUT2D eigenvalue weighted by Crippen LogP contribution is -2.20. The molecule has 1 aromatic heterocycles. The first-order chi connectivity index (χ1) is 10.8. The molecule has 0 aliphatic heterocycles. The lowest BCUT2D eigenvalue weighted by Gasteiger charge is -2.05. The zero-order valence-corrected chi connectivity index (χ0v) is 14.8. The molecule has 23 heavy (non-hydrogen) atoms. The van der Waals surface area contributed by atoms with Crippen molar-refractivity contribution in [2.24, 2.45) is 5.10 Å². The van der Waals surface area contributed by atoms with Crippen LogP contribution in [0.1, 0.15) is 23.0 Å². The van der Waals surface area contributed by atoms with Crippen LogP contribution in [0.15, 0.2) is 51.0 Å². The molecule has 2 rings (SSSR count). The molecule has 7 nitrogen and oxygen atoms in total. The van der Waals surface area contributed by atoms with E-state index in [1.165, 1.54) is 19.2 Å². The van der Waals surface area contributed by atoms with Crippen LogP contribution in [-0.4, -0.2) is 32.1 Å². The van der Waals surface area contributed by atoms with Gasteiger partial charge < -0.3 is 4.98 Å². The molecule has 3 N–H and O–H groups in total. The van der Waals surface area contributed by atoms with E-state index in [1.54, 1.807) is 31.3 Å². The van der Waals surface area contributed by atoms with Gasteiger partial charge in [-0.15, -0.1) is 0 Å². The number of carbonyl (C=O) groups is 1. The highest BCUT2D eigenvalue weighted by Crippen LogP contribution is 2.12. The average molecular weight is 399 g/mol. The Bertz CT molecular complexity index is 841. The summed E-state index contributed by atoms with van der Waals surface area (Å²) in [5.41, 5.74) is 4.07. The van der Waals surface area contributed by atoms with Crippen molar-refractivity contribution in [2.45, 2.75) is 11.8 Å². The van der Waals surface area contributed by atoms with E-state index in [2.05, 4.69) is 36.2 Å². The van der Waals surface area contributed by atoms with Crippen LogP contribution in [0.2, 0.25) is 0 Å². The number of amides is 1. The monoisotopic (exact) mass is 398 g/mol. The maximum absolute atomic E-state index is 11.9. The summed E-state index contributed by atoms with van der Waals surface area (Å²) < 4.78 is 26.3. The second kappa shape index (κ2) is 7.07. The number of rotatable bonds is 5. The van der Waals surface area contributed by atoms with E-state index in [9.17, 15) is 13.2 Å². The molecular formula is C14H15BrN4O3S. The third-order valence-electron chi connectivity index (χ3n) is 3.07. The first kappa shape index (κ1) is 17.4. The van der Waals surface area contributed by atoms with Gasteiger partial charge in [0.1, 0.15) is 5.69 Å². The molecular weight excluding hydrogens is 384 g/mol. The van der Waals surface area contributed by atoms with Crippen molar-refractivity contribution in [3.63, 3.8) is 0 Å². The summed E-state index contributed by atoms with van der Waals surface area (Å²) in [6.45, 7) is 1.71. The number of aromatic amines is 1. The van der Waals surface area contributed by atoms with Crippen LogP contribution in [0.3, 0.4) is 0 Å². The maximum atomic E-state index is 11.9. The van der Waals surface area contributed by atoms with Gasteiger partial charge in [0.2, 0.25) is 10.0 Å². The van der Waals surface area contributed by atoms with Crippen molar-refractivity contribution in [1.82, 2.24) is 15.1 Å². The normalized spacial score (nSPS) is 12.2. The highest BCUT2D eigenvalue weighted by molar-refractivity contribution is 9.10. The van der Waals surface area contributed by atoms with Crippen LogP contribution in [0.5, 0.6) is 0 Å². The number of hydrogen-bond donors (Lipinski definition) is 3. The number of halogens is 1. The standard InChI is InChI=1S/C14H15BrN4O3S/c1-9(18-19-14(20)13-7-11(15)8-17-13)10-3-5-12(6-4-10)23(21,22)16-2/h3-8,16-17H,1-2H3,(H,19,20)/b18-9-. The van der Waals surface area contributed by atoms with Crippen LogP contribution in [0, 0.1) is 0 Å². The van der Waals surface area contributed by atoms with Crippen molar-refractivity contribution < 1.29 is 13.2 Å². The summed E-state index contributed by atoms with van der Waals surface area (Å²) in [5.74, 6) is -0.371. The number of sulfonamides is 1. The van der Waals surface area contributed by atoms with Crippen LogP contribution < -0.4 is 10.1 Å². The van der Waals surface area contributed by atoms with Gasteiger partial charge in [-0.05, 0) is 53.7 Å². The molecule has 0 atom stereocenters. The van der Waals surface area contributed by atoms with Crippen LogP contribution in [-0.2, 0) is 10.0 Å². The molecule has 0 spiro atoms. The zero-order chi connectivity index (χ0) is 17.0. The largest absolute Gasteiger partial charge is 0.356 e. The highest BCUT2D eigenvalue weighted by Gasteiger charge is 2.11. The molecule has 122 valence electrons. The van der Waals surface area contributed by atoms with Gasteiger partial charge in [0.25, 0.3) is 5.91 Å². The summed E-state index contributed by atoms with van der Waals surface area (Å²) in [4.78, 5) is 14.8. The van der Waals surface area contributed by atoms with Gasteiger partial charge in [0.05, 0.1) is 10.6 Å². The molecule has 0 aliphatic rings. The number of aromatic nitrogens is 1. The minimum absolute atomic E-state index is 0.164. The lowest BCUT2D eigenvalue weighted by atomic mass is 10.1. The van der Waals surface area contributed by atoms with E-state index in [-0.39, 0.29) is 10.8 Å². The second-order valence-corrected chi connectivity index (χ2v) is 7.40. The molecule has 0 aliphatic carbocycles. The maximum Gasteiger partial charge on any atom is 0.287 e. The minimum atomic E-state index is -3.47. The average Bonchev–Trinajstić information content (AvgIpc) is 2.99. The van der Waals surface area contributed by atoms with Gasteiger partial charge >= 0.3 is 0 Å². The SMILES string of the molecule is CNS(=O)(=O)c1ccc(/C(C)=N\NC(=O)c2cc(Br)c[nH]2)cc1. The van der Waals surface area contributed by atoms with E-state index < -0.39 is 10.0 Å². The Balaban J connectivity index is 2.11. The molecule has 0 saturated heterocycles. The Morgan fingerprint density at radius 3 is 2.43 bits per heavy atom. The molecule has 2 aromatic rings. The fourth-order valence-corrected chi connectivity index (χ4v) is 2.83. The van der Waals surface area contributed by atoms with Crippen LogP contribution in [0.4, 0.5) is 0 Å². The molecule has 0 radical (unpaired) electrons. The quantitative estimate of drug-likeness (QED) is 0.528. The molecule has 9 heteroatoms. The van der Waals surface area contributed by atoms with Gasteiger partial charge in [0, 0.05) is 10.7 Å². The number of hydrogen-bond acceptors (Lipinski definition) is 4. The Hall–Kier alpha value is -1.97. The molecule has 0 bridgehead atoms. The third kappa shape index (κ3) is 4.27. The van der Waals surface area contributed by atoms with Crippen LogP contribution in [0.25, 0.3) is 0 Å². The summed E-state index contributed by atoms with van der Waals surface area (Å²) in [6.07, 6.45) is 1.65. The van der Waals surface area contributed by atoms with Crippen LogP contribution >= 0.6 is 15.9 Å². The van der Waals surface area contributed by atoms with E-state index in [0.29, 0.717) is 17.0 Å². The Morgan fingerprint density at radius 1 is 1.26 bits per heavy atom. The summed E-state index contributed by atoms with van der Waals surface area (Å²) in [7, 11) is -2.12. The Kier molecular flexibility index (Phi) is 5.34. The number of nitrogens with one attached hydrogen (secondary N) is 3. The highest BCUT2D eigenvalue weighted by atomic mass is 79.9. The van der Waals surface area contributed by atoms with Crippen molar-refractivity contribution in [1.29, 1.82) is 0 Å². The molecule has 0 fully saturated rings. The van der Waals surface area contributed by atoms with Crippen molar-refractivity contribution >= 4 is 37.6 Å². The minimum Gasteiger partial charge on any atom is -0.356 e. The molecule has 1 aromatic carbocycles. The van der Waals surface area contributed by atoms with E-state index >= 15 is 0 Å². The van der Waals surface area contributed by atoms with Gasteiger partial charge in [-0.2, -0.15) is 5.10 Å². The molecule has 0 saturated carbocycles. The summed E-state index contributed by atoms with van der Waals surface area (Å²) in [6, 6.07) is 7.84. The third-order valence-corrected chi connectivity index (χ3v) is 4.96. The Labute approximate surface area is 142 Å². The lowest BCUT2D eigenvalue weighted by molar-refractivity contribution is 0.0950. The fraction of sp³-hybridized carbons (Fsp3) is 0.143. The topological polar surface area (TPSA) is 103 Å². The van der Waals surface area contributed by atoms with Crippen molar-refractivity contribution in [3.8, 4) is 0 Å². The summed E-state index contributed by atoms with van der Waals surface area (Å²) >= 11 is 3.24. The molecule has 0 unspecified atom stereocenters. The summed E-state index contributed by atoms with van der Waals surface area (Å²) in [5, 5.41) is 4.01. The number of carbonyl (C=O) groups excluding carboxylic acids is 1. The number of H-pyrrole nitrogens is 1. The first-order valence-corrected chi connectivity index (χ1v) is 8.83. The van der Waals surface area contributed by atoms with Crippen molar-refractivity contribution in [3.05, 3.63) is 52.3 Å².